The van der Waals surface area contributed by atoms with Crippen LogP contribution in [0.1, 0.15) is 27.2 Å². The Labute approximate surface area is 205 Å². The molecule has 7 nitrogen and oxygen atoms in total. The van der Waals surface area contributed by atoms with E-state index in [2.05, 4.69) is 10.1 Å². The van der Waals surface area contributed by atoms with Crippen LogP contribution in [0.25, 0.3) is 22.0 Å². The molecule has 0 saturated heterocycles. The minimum absolute atomic E-state index is 0.235. The van der Waals surface area contributed by atoms with Crippen molar-refractivity contribution >= 4 is 32.9 Å². The lowest BCUT2D eigenvalue weighted by molar-refractivity contribution is 0.112. The molecule has 1 N–H and O–H groups in total. The number of aromatic nitrogens is 3. The first-order valence-electron chi connectivity index (χ1n) is 10.8. The summed E-state index contributed by atoms with van der Waals surface area (Å²) in [6, 6.07) is 9.87. The molecule has 10 heteroatoms. The standard InChI is InChI=1S/C25H23B2FN4O3/c1-31(13-22-15(14-33)5-4-8-29-22)11-19-21(28)9-16(10-23(19)35-3)17-6-7-20(25(26,27)34)24-18(17)12-32(2)30-24/h4-10,12,14,34H,11,13H2,1-3H3. The molecule has 174 valence electrons. The summed E-state index contributed by atoms with van der Waals surface area (Å²) in [5, 5.41) is 13.1. The Morgan fingerprint density at radius 3 is 2.71 bits per heavy atom. The summed E-state index contributed by atoms with van der Waals surface area (Å²) in [6.45, 7) is 0.594. The second-order valence-corrected chi connectivity index (χ2v) is 8.52. The van der Waals surface area contributed by atoms with Crippen molar-refractivity contribution in [2.45, 2.75) is 18.5 Å². The summed E-state index contributed by atoms with van der Waals surface area (Å²) in [6.07, 6.45) is 4.13. The Morgan fingerprint density at radius 2 is 2.03 bits per heavy atom. The van der Waals surface area contributed by atoms with Crippen LogP contribution < -0.4 is 4.74 Å². The Kier molecular flexibility index (Phi) is 6.78. The van der Waals surface area contributed by atoms with Gasteiger partial charge >= 0.3 is 0 Å². The number of rotatable bonds is 8. The third-order valence-corrected chi connectivity index (χ3v) is 5.81. The summed E-state index contributed by atoms with van der Waals surface area (Å²) < 4.78 is 22.5. The number of carbonyl (C=O) groups excluding carboxylic acids is 1. The highest BCUT2D eigenvalue weighted by Gasteiger charge is 2.23. The smallest absolute Gasteiger partial charge is 0.151 e. The molecule has 0 atom stereocenters. The number of benzene rings is 2. The number of hydrogen-bond donors (Lipinski definition) is 1. The minimum atomic E-state index is -2.07. The Hall–Kier alpha value is -3.49. The molecule has 2 aromatic carbocycles. The van der Waals surface area contributed by atoms with E-state index in [1.165, 1.54) is 13.2 Å². The topological polar surface area (TPSA) is 80.5 Å². The lowest BCUT2D eigenvalue weighted by Crippen LogP contribution is -2.26. The number of nitrogens with zero attached hydrogens (tertiary/aromatic N) is 4. The van der Waals surface area contributed by atoms with Gasteiger partial charge in [-0.3, -0.25) is 19.4 Å². The molecule has 0 unspecified atom stereocenters. The quantitative estimate of drug-likeness (QED) is 0.317. The molecule has 4 radical (unpaired) electrons. The lowest BCUT2D eigenvalue weighted by Gasteiger charge is -2.21. The highest BCUT2D eigenvalue weighted by atomic mass is 19.1. The van der Waals surface area contributed by atoms with Crippen LogP contribution in [0.15, 0.2) is 48.8 Å². The highest BCUT2D eigenvalue weighted by Crippen LogP contribution is 2.36. The normalized spacial score (nSPS) is 11.8. The first-order valence-corrected chi connectivity index (χ1v) is 10.8. The molecule has 2 heterocycles. The summed E-state index contributed by atoms with van der Waals surface area (Å²) in [5.41, 5.74) is 3.41. The van der Waals surface area contributed by atoms with Gasteiger partial charge in [0.15, 0.2) is 6.29 Å². The van der Waals surface area contributed by atoms with Gasteiger partial charge in [-0.25, -0.2) is 4.39 Å². The van der Waals surface area contributed by atoms with E-state index in [4.69, 9.17) is 20.4 Å². The zero-order valence-corrected chi connectivity index (χ0v) is 19.7. The van der Waals surface area contributed by atoms with Gasteiger partial charge in [-0.05, 0) is 48.0 Å². The van der Waals surface area contributed by atoms with Crippen molar-refractivity contribution in [1.82, 2.24) is 19.7 Å². The molecule has 0 fully saturated rings. The molecule has 0 aliphatic carbocycles. The largest absolute Gasteiger partial charge is 0.496 e. The summed E-state index contributed by atoms with van der Waals surface area (Å²) in [5.74, 6) is -0.0724. The van der Waals surface area contributed by atoms with Gasteiger partial charge in [0.1, 0.15) is 27.3 Å². The van der Waals surface area contributed by atoms with Crippen LogP contribution in [-0.2, 0) is 25.5 Å². The van der Waals surface area contributed by atoms with Crippen molar-refractivity contribution in [3.05, 3.63) is 77.0 Å². The van der Waals surface area contributed by atoms with Crippen molar-refractivity contribution in [3.63, 3.8) is 0 Å². The predicted octanol–water partition coefficient (Wildman–Crippen LogP) is 2.67. The average Bonchev–Trinajstić information content (AvgIpc) is 3.20. The number of halogens is 1. The fraction of sp³-hybridized carbons (Fsp3) is 0.240. The number of aryl methyl sites for hydroxylation is 1. The van der Waals surface area contributed by atoms with Crippen LogP contribution in [0.5, 0.6) is 5.75 Å². The average molecular weight is 468 g/mol. The maximum absolute atomic E-state index is 15.4. The second kappa shape index (κ2) is 9.64. The molecule has 2 aromatic heterocycles. The van der Waals surface area contributed by atoms with E-state index in [0.29, 0.717) is 51.1 Å². The number of methoxy groups -OCH3 is 1. The molecule has 0 amide bonds. The van der Waals surface area contributed by atoms with Crippen molar-refractivity contribution in [2.24, 2.45) is 7.05 Å². The van der Waals surface area contributed by atoms with Gasteiger partial charge in [-0.15, -0.1) is 0 Å². The minimum Gasteiger partial charge on any atom is -0.496 e. The molecular formula is C25H23B2FN4O3. The molecule has 4 rings (SSSR count). The molecule has 4 aromatic rings. The van der Waals surface area contributed by atoms with Crippen molar-refractivity contribution in [1.29, 1.82) is 0 Å². The lowest BCUT2D eigenvalue weighted by atomic mass is 9.61. The molecular weight excluding hydrogens is 445 g/mol. The third kappa shape index (κ3) is 4.99. The van der Waals surface area contributed by atoms with E-state index in [9.17, 15) is 9.90 Å². The Balaban J connectivity index is 1.71. The molecule has 0 bridgehead atoms. The van der Waals surface area contributed by atoms with E-state index in [0.717, 1.165) is 6.29 Å². The van der Waals surface area contributed by atoms with Crippen LogP contribution in [0.2, 0.25) is 0 Å². The number of aldehydes is 1. The highest BCUT2D eigenvalue weighted by molar-refractivity contribution is 6.39. The zero-order chi connectivity index (χ0) is 25.3. The molecule has 0 aliphatic rings. The molecule has 0 spiro atoms. The fourth-order valence-corrected chi connectivity index (χ4v) is 4.17. The Bertz CT molecular complexity index is 1400. The number of fused-ring (bicyclic) bond motifs is 1. The van der Waals surface area contributed by atoms with Gasteiger partial charge in [0.2, 0.25) is 0 Å². The van der Waals surface area contributed by atoms with Gasteiger partial charge < -0.3 is 9.84 Å². The molecule has 35 heavy (non-hydrogen) atoms. The van der Waals surface area contributed by atoms with Crippen molar-refractivity contribution in [2.75, 3.05) is 14.2 Å². The van der Waals surface area contributed by atoms with Crippen LogP contribution in [-0.4, -0.2) is 60.9 Å². The van der Waals surface area contributed by atoms with Crippen LogP contribution in [0.4, 0.5) is 4.39 Å². The van der Waals surface area contributed by atoms with Crippen LogP contribution in [0.3, 0.4) is 0 Å². The molecule has 0 saturated carbocycles. The van der Waals surface area contributed by atoms with Crippen LogP contribution in [0, 0.1) is 5.82 Å². The van der Waals surface area contributed by atoms with Gasteiger partial charge in [-0.2, -0.15) is 5.10 Å². The zero-order valence-electron chi connectivity index (χ0n) is 19.7. The van der Waals surface area contributed by atoms with Gasteiger partial charge in [0.25, 0.3) is 0 Å². The number of aliphatic hydroxyl groups is 1. The fourth-order valence-electron chi connectivity index (χ4n) is 4.17. The van der Waals surface area contributed by atoms with E-state index >= 15 is 4.39 Å². The van der Waals surface area contributed by atoms with E-state index in [1.54, 1.807) is 54.5 Å². The number of pyridine rings is 1. The summed E-state index contributed by atoms with van der Waals surface area (Å²) in [7, 11) is 16.4. The van der Waals surface area contributed by atoms with Crippen LogP contribution >= 0.6 is 0 Å². The number of carbonyl (C=O) groups is 1. The number of hydrogen-bond acceptors (Lipinski definition) is 6. The van der Waals surface area contributed by atoms with Gasteiger partial charge in [0.05, 0.1) is 18.3 Å². The first-order chi connectivity index (χ1) is 16.6. The van der Waals surface area contributed by atoms with E-state index < -0.39 is 11.2 Å². The summed E-state index contributed by atoms with van der Waals surface area (Å²) >= 11 is 0. The predicted molar refractivity (Wildman–Crippen MR) is 133 cm³/mol. The van der Waals surface area contributed by atoms with Gasteiger partial charge in [-0.1, -0.05) is 12.1 Å². The second-order valence-electron chi connectivity index (χ2n) is 8.52. The maximum Gasteiger partial charge on any atom is 0.151 e. The maximum atomic E-state index is 15.4. The van der Waals surface area contributed by atoms with Gasteiger partial charge in [0, 0.05) is 54.4 Å². The SMILES string of the molecule is [B]C([B])(O)c1ccc(-c2cc(F)c(CN(C)Cc3ncccc3C=O)c(OC)c2)c2cn(C)nc12. The number of ether oxygens (including phenoxy) is 1. The molecule has 0 aliphatic heterocycles. The first kappa shape index (κ1) is 24.6. The monoisotopic (exact) mass is 468 g/mol. The van der Waals surface area contributed by atoms with Crippen molar-refractivity contribution < 1.29 is 19.0 Å². The Morgan fingerprint density at radius 1 is 1.26 bits per heavy atom. The summed E-state index contributed by atoms with van der Waals surface area (Å²) in [4.78, 5) is 17.4. The van der Waals surface area contributed by atoms with E-state index in [-0.39, 0.29) is 12.1 Å². The van der Waals surface area contributed by atoms with Crippen molar-refractivity contribution in [3.8, 4) is 16.9 Å². The third-order valence-electron chi connectivity index (χ3n) is 5.81. The van der Waals surface area contributed by atoms with E-state index in [1.807, 2.05) is 11.9 Å².